The van der Waals surface area contributed by atoms with Gasteiger partial charge in [-0.05, 0) is 45.5 Å². The lowest BCUT2D eigenvalue weighted by Crippen LogP contribution is -2.41. The van der Waals surface area contributed by atoms with E-state index < -0.39 is 24.3 Å². The molecule has 7 aromatic rings. The maximum Gasteiger partial charge on any atom is 0.408 e. The van der Waals surface area contributed by atoms with Gasteiger partial charge in [-0.3, -0.25) is 14.5 Å². The summed E-state index contributed by atoms with van der Waals surface area (Å²) in [5.41, 5.74) is 8.64. The number of ether oxygens (including phenoxy) is 3. The number of aromatic nitrogens is 1. The number of rotatable bonds is 14. The van der Waals surface area contributed by atoms with Crippen molar-refractivity contribution in [3.63, 3.8) is 0 Å². The molecule has 2 fully saturated rings. The summed E-state index contributed by atoms with van der Waals surface area (Å²) in [5, 5.41) is 12.8. The number of nitrogens with zero attached hydrogens (tertiary/aromatic N) is 2. The van der Waals surface area contributed by atoms with E-state index in [9.17, 15) is 19.5 Å². The third-order valence-corrected chi connectivity index (χ3v) is 12.2. The van der Waals surface area contributed by atoms with Gasteiger partial charge in [0.2, 0.25) is 5.91 Å². The van der Waals surface area contributed by atoms with Crippen LogP contribution >= 0.6 is 11.8 Å². The van der Waals surface area contributed by atoms with Gasteiger partial charge in [0.25, 0.3) is 11.1 Å². The van der Waals surface area contributed by atoms with Gasteiger partial charge in [0, 0.05) is 28.9 Å². The Hall–Kier alpha value is -6.83. The fraction of sp³-hybridized carbons (Fsp3) is 0.192. The molecule has 11 nitrogen and oxygen atoms in total. The summed E-state index contributed by atoms with van der Waals surface area (Å²) in [6.07, 6.45) is -1.57. The third-order valence-electron chi connectivity index (χ3n) is 11.2. The third kappa shape index (κ3) is 10.0. The molecule has 3 amide bonds. The number of thioether (sulfide) groups is 1. The fourth-order valence-electron chi connectivity index (χ4n) is 7.89. The smallest absolute Gasteiger partial charge is 0.408 e. The minimum Gasteiger partial charge on any atom is -0.445 e. The molecule has 6 aromatic carbocycles. The summed E-state index contributed by atoms with van der Waals surface area (Å²) in [4.78, 5) is 45.0. The molecule has 2 N–H and O–H groups in total. The predicted octanol–water partition coefficient (Wildman–Crippen LogP) is 10.1. The van der Waals surface area contributed by atoms with E-state index in [1.165, 1.54) is 16.7 Å². The predicted molar refractivity (Wildman–Crippen MR) is 242 cm³/mol. The number of imide groups is 1. The number of hydrogen-bond donors (Lipinski definition) is 2. The van der Waals surface area contributed by atoms with E-state index in [2.05, 4.69) is 5.32 Å². The Kier molecular flexibility index (Phi) is 13.1. The maximum atomic E-state index is 13.3. The number of aliphatic hydroxyl groups is 1. The number of likely N-dealkylation sites (tertiary alicyclic amines) is 1. The molecule has 1 unspecified atom stereocenters. The SMILES string of the molecule is O=C(NC1CC(=O)N(Cc2cccc(-c3cccc([C@H]4O[C@@H](CSc5nc(-c6ccccc6)c(-c6ccccc6)o5)C[C@@H](c5ccc(CO)cc5)O4)c3)c2)C1=O)OCc1ccccc1. The average molecular weight is 872 g/mol. The van der Waals surface area contributed by atoms with Crippen LogP contribution in [0.15, 0.2) is 173 Å². The van der Waals surface area contributed by atoms with Gasteiger partial charge >= 0.3 is 6.09 Å². The highest BCUT2D eigenvalue weighted by atomic mass is 32.2. The number of benzene rings is 6. The Labute approximate surface area is 375 Å². The normalized spacial score (nSPS) is 18.5. The molecule has 0 radical (unpaired) electrons. The molecular weight excluding hydrogens is 827 g/mol. The Balaban J connectivity index is 0.905. The molecule has 4 atom stereocenters. The monoisotopic (exact) mass is 871 g/mol. The minimum absolute atomic E-state index is 0.0493. The first kappa shape index (κ1) is 42.5. The van der Waals surface area contributed by atoms with Gasteiger partial charge in [0.05, 0.1) is 31.8 Å². The number of oxazole rings is 1. The van der Waals surface area contributed by atoms with Crippen LogP contribution in [-0.4, -0.2) is 50.8 Å². The topological polar surface area (TPSA) is 140 Å². The summed E-state index contributed by atoms with van der Waals surface area (Å²) < 4.78 is 25.2. The zero-order valence-electron chi connectivity index (χ0n) is 34.7. The summed E-state index contributed by atoms with van der Waals surface area (Å²) in [6.45, 7) is 0.0522. The second-order valence-corrected chi connectivity index (χ2v) is 16.6. The van der Waals surface area contributed by atoms with E-state index in [1.807, 2.05) is 164 Å². The Morgan fingerprint density at radius 2 is 1.38 bits per heavy atom. The van der Waals surface area contributed by atoms with Gasteiger partial charge < -0.3 is 29.1 Å². The van der Waals surface area contributed by atoms with Crippen LogP contribution in [0, 0.1) is 0 Å². The standard InChI is InChI=1S/C52H45N3O8S/c56-31-34-22-24-37(25-23-34)45-28-43(33-64-52-54-47(38-15-6-2-7-16-38)48(63-52)39-17-8-3-9-18-39)61-50(62-45)42-21-11-20-41(27-42)40-19-10-14-36(26-40)30-55-46(57)29-44(49(55)58)53-51(59)60-32-35-12-4-1-5-13-35/h1-27,43-45,50,56H,28-33H2,(H,53,59)/t43-,44?,45+,50+/m1/s1. The number of nitrogens with one attached hydrogen (secondary N) is 1. The first-order valence-electron chi connectivity index (χ1n) is 21.1. The maximum absolute atomic E-state index is 13.3. The highest BCUT2D eigenvalue weighted by molar-refractivity contribution is 7.99. The molecule has 0 aliphatic carbocycles. The lowest BCUT2D eigenvalue weighted by molar-refractivity contribution is -0.245. The van der Waals surface area contributed by atoms with Gasteiger partial charge in [-0.25, -0.2) is 9.78 Å². The first-order valence-corrected chi connectivity index (χ1v) is 22.1. The van der Waals surface area contributed by atoms with Crippen LogP contribution in [0.1, 0.15) is 53.1 Å². The van der Waals surface area contributed by atoms with Crippen LogP contribution in [0.2, 0.25) is 0 Å². The number of alkyl carbamates (subject to hydrolysis) is 1. The van der Waals surface area contributed by atoms with Gasteiger partial charge in [0.15, 0.2) is 12.1 Å². The van der Waals surface area contributed by atoms with Crippen molar-refractivity contribution in [2.24, 2.45) is 0 Å². The van der Waals surface area contributed by atoms with Crippen LogP contribution in [0.4, 0.5) is 4.79 Å². The number of hydrogen-bond acceptors (Lipinski definition) is 10. The number of aliphatic hydroxyl groups excluding tert-OH is 1. The number of carbonyl (C=O) groups excluding carboxylic acids is 3. The molecule has 2 aliphatic heterocycles. The second-order valence-electron chi connectivity index (χ2n) is 15.7. The number of carbonyl (C=O) groups is 3. The lowest BCUT2D eigenvalue weighted by atomic mass is 9.99. The largest absolute Gasteiger partial charge is 0.445 e. The minimum atomic E-state index is -1.00. The molecule has 3 heterocycles. The van der Waals surface area contributed by atoms with Gasteiger partial charge in [-0.15, -0.1) is 0 Å². The van der Waals surface area contributed by atoms with Crippen LogP contribution < -0.4 is 5.32 Å². The summed E-state index contributed by atoms with van der Waals surface area (Å²) in [5.74, 6) is 0.403. The molecule has 2 saturated heterocycles. The van der Waals surface area contributed by atoms with E-state index >= 15 is 0 Å². The van der Waals surface area contributed by atoms with Crippen molar-refractivity contribution in [2.75, 3.05) is 5.75 Å². The molecule has 322 valence electrons. The highest BCUT2D eigenvalue weighted by Gasteiger charge is 2.40. The molecule has 2 aliphatic rings. The van der Waals surface area contributed by atoms with Crippen molar-refractivity contribution in [1.82, 2.24) is 15.2 Å². The molecule has 64 heavy (non-hydrogen) atoms. The first-order chi connectivity index (χ1) is 31.4. The Bertz CT molecular complexity index is 2660. The molecule has 1 aromatic heterocycles. The van der Waals surface area contributed by atoms with E-state index in [4.69, 9.17) is 23.6 Å². The quantitative estimate of drug-likeness (QED) is 0.0802. The van der Waals surface area contributed by atoms with Crippen molar-refractivity contribution < 1.29 is 38.1 Å². The molecular formula is C52H45N3O8S. The summed E-state index contributed by atoms with van der Waals surface area (Å²) >= 11 is 1.50. The van der Waals surface area contributed by atoms with Crippen molar-refractivity contribution in [3.05, 3.63) is 192 Å². The van der Waals surface area contributed by atoms with E-state index in [1.54, 1.807) is 0 Å². The van der Waals surface area contributed by atoms with Gasteiger partial charge in [-0.1, -0.05) is 163 Å². The van der Waals surface area contributed by atoms with Crippen molar-refractivity contribution >= 4 is 29.7 Å². The summed E-state index contributed by atoms with van der Waals surface area (Å²) in [7, 11) is 0. The van der Waals surface area contributed by atoms with E-state index in [-0.39, 0.29) is 44.3 Å². The van der Waals surface area contributed by atoms with Crippen molar-refractivity contribution in [3.8, 4) is 33.7 Å². The molecule has 0 bridgehead atoms. The van der Waals surface area contributed by atoms with Crippen LogP contribution in [0.5, 0.6) is 0 Å². The van der Waals surface area contributed by atoms with Crippen LogP contribution in [0.3, 0.4) is 0 Å². The average Bonchev–Trinajstić information content (AvgIpc) is 3.90. The lowest BCUT2D eigenvalue weighted by Gasteiger charge is -2.36. The van der Waals surface area contributed by atoms with Crippen LogP contribution in [0.25, 0.3) is 33.7 Å². The molecule has 0 spiro atoms. The Morgan fingerprint density at radius 1 is 0.719 bits per heavy atom. The fourth-order valence-corrected chi connectivity index (χ4v) is 8.73. The van der Waals surface area contributed by atoms with Crippen LogP contribution in [-0.2, 0) is 43.6 Å². The van der Waals surface area contributed by atoms with Crippen molar-refractivity contribution in [1.29, 1.82) is 0 Å². The van der Waals surface area contributed by atoms with E-state index in [0.29, 0.717) is 23.2 Å². The van der Waals surface area contributed by atoms with Crippen molar-refractivity contribution in [2.45, 2.75) is 62.4 Å². The second kappa shape index (κ2) is 19.7. The van der Waals surface area contributed by atoms with Gasteiger partial charge in [-0.2, -0.15) is 0 Å². The van der Waals surface area contributed by atoms with E-state index in [0.717, 1.165) is 55.8 Å². The molecule has 9 rings (SSSR count). The Morgan fingerprint density at radius 3 is 2.11 bits per heavy atom. The molecule has 0 saturated carbocycles. The number of amides is 3. The molecule has 12 heteroatoms. The summed E-state index contributed by atoms with van der Waals surface area (Å²) in [6, 6.07) is 51.6. The zero-order valence-corrected chi connectivity index (χ0v) is 35.6. The van der Waals surface area contributed by atoms with Gasteiger partial charge in [0.1, 0.15) is 18.3 Å². The zero-order chi connectivity index (χ0) is 43.8. The highest BCUT2D eigenvalue weighted by Crippen LogP contribution is 2.42.